The predicted octanol–water partition coefficient (Wildman–Crippen LogP) is 5.27. The van der Waals surface area contributed by atoms with Gasteiger partial charge in [0, 0.05) is 19.5 Å². The van der Waals surface area contributed by atoms with Gasteiger partial charge in [0.1, 0.15) is 0 Å². The summed E-state index contributed by atoms with van der Waals surface area (Å²) in [7, 11) is 0. The molecule has 0 aliphatic carbocycles. The van der Waals surface area contributed by atoms with Crippen LogP contribution in [0.1, 0.15) is 18.1 Å². The zero-order chi connectivity index (χ0) is 13.9. The molecule has 20 heavy (non-hydrogen) atoms. The monoisotopic (exact) mass is 319 g/mol. The normalized spacial score (nSPS) is 11.1. The van der Waals surface area contributed by atoms with Gasteiger partial charge in [0.15, 0.2) is 0 Å². The Bertz CT molecular complexity index is 690. The van der Waals surface area contributed by atoms with Crippen molar-refractivity contribution in [2.75, 3.05) is 6.54 Å². The predicted molar refractivity (Wildman–Crippen MR) is 93.1 cm³/mol. The fourth-order valence-corrected chi connectivity index (χ4v) is 5.60. The average molecular weight is 320 g/mol. The number of thiophene rings is 3. The highest BCUT2D eigenvalue weighted by molar-refractivity contribution is 7.25. The van der Waals surface area contributed by atoms with Crippen molar-refractivity contribution in [2.24, 2.45) is 5.73 Å². The number of rotatable bonds is 5. The Morgan fingerprint density at radius 2 is 1.50 bits per heavy atom. The molecule has 0 aliphatic rings. The van der Waals surface area contributed by atoms with Crippen LogP contribution in [0.25, 0.3) is 19.5 Å². The first kappa shape index (κ1) is 14.0. The van der Waals surface area contributed by atoms with Crippen molar-refractivity contribution in [2.45, 2.75) is 19.8 Å². The lowest BCUT2D eigenvalue weighted by molar-refractivity contribution is 0.976. The summed E-state index contributed by atoms with van der Waals surface area (Å²) in [5.41, 5.74) is 8.53. The number of hydrogen-bond acceptors (Lipinski definition) is 4. The Balaban J connectivity index is 1.96. The van der Waals surface area contributed by atoms with Gasteiger partial charge in [0.25, 0.3) is 0 Å². The molecule has 0 saturated carbocycles. The van der Waals surface area contributed by atoms with Crippen LogP contribution in [-0.4, -0.2) is 6.54 Å². The molecule has 0 unspecified atom stereocenters. The summed E-state index contributed by atoms with van der Waals surface area (Å²) >= 11 is 5.57. The molecule has 0 amide bonds. The minimum atomic E-state index is 0.715. The van der Waals surface area contributed by atoms with Gasteiger partial charge in [-0.1, -0.05) is 6.92 Å². The van der Waals surface area contributed by atoms with E-state index in [1.165, 1.54) is 30.6 Å². The van der Waals surface area contributed by atoms with Gasteiger partial charge in [0.05, 0.1) is 0 Å². The number of aryl methyl sites for hydroxylation is 1. The maximum absolute atomic E-state index is 5.70. The van der Waals surface area contributed by atoms with Crippen LogP contribution >= 0.6 is 34.0 Å². The number of nitrogens with two attached hydrogens (primary N) is 1. The van der Waals surface area contributed by atoms with Gasteiger partial charge in [0.2, 0.25) is 0 Å². The van der Waals surface area contributed by atoms with Crippen LogP contribution in [-0.2, 0) is 12.8 Å². The Labute approximate surface area is 131 Å². The Morgan fingerprint density at radius 3 is 2.10 bits per heavy atom. The highest BCUT2D eigenvalue weighted by Crippen LogP contribution is 2.41. The van der Waals surface area contributed by atoms with E-state index in [9.17, 15) is 0 Å². The third-order valence-corrected chi connectivity index (χ3v) is 6.70. The fraction of sp³-hybridized carbons (Fsp3) is 0.250. The zero-order valence-electron chi connectivity index (χ0n) is 11.4. The van der Waals surface area contributed by atoms with E-state index in [0.717, 1.165) is 12.8 Å². The van der Waals surface area contributed by atoms with Crippen LogP contribution in [0.4, 0.5) is 0 Å². The maximum atomic E-state index is 5.70. The van der Waals surface area contributed by atoms with Crippen molar-refractivity contribution in [3.8, 4) is 19.5 Å². The molecule has 104 valence electrons. The molecule has 0 radical (unpaired) electrons. The molecule has 0 bridgehead atoms. The van der Waals surface area contributed by atoms with E-state index in [4.69, 9.17) is 5.73 Å². The van der Waals surface area contributed by atoms with Crippen LogP contribution in [0, 0.1) is 0 Å². The van der Waals surface area contributed by atoms with E-state index in [1.807, 2.05) is 34.0 Å². The smallest absolute Gasteiger partial charge is 0.0475 e. The lowest BCUT2D eigenvalue weighted by Crippen LogP contribution is -2.02. The first-order chi connectivity index (χ1) is 9.83. The molecule has 2 N–H and O–H groups in total. The molecule has 4 heteroatoms. The average Bonchev–Trinajstić information content (AvgIpc) is 3.18. The summed E-state index contributed by atoms with van der Waals surface area (Å²) < 4.78 is 0. The molecule has 3 heterocycles. The molecule has 0 spiro atoms. The van der Waals surface area contributed by atoms with E-state index < -0.39 is 0 Å². The zero-order valence-corrected chi connectivity index (χ0v) is 13.8. The molecule has 0 fully saturated rings. The van der Waals surface area contributed by atoms with Crippen molar-refractivity contribution in [1.29, 1.82) is 0 Å². The largest absolute Gasteiger partial charge is 0.330 e. The van der Waals surface area contributed by atoms with Crippen LogP contribution in [0.2, 0.25) is 0 Å². The Kier molecular flexibility index (Phi) is 4.36. The molecule has 3 aromatic rings. The highest BCUT2D eigenvalue weighted by Gasteiger charge is 2.12. The second kappa shape index (κ2) is 6.22. The highest BCUT2D eigenvalue weighted by atomic mass is 32.1. The Hall–Kier alpha value is -0.940. The third-order valence-electron chi connectivity index (χ3n) is 3.34. The van der Waals surface area contributed by atoms with Gasteiger partial charge >= 0.3 is 0 Å². The summed E-state index contributed by atoms with van der Waals surface area (Å²) in [6, 6.07) is 8.96. The van der Waals surface area contributed by atoms with Crippen molar-refractivity contribution in [3.05, 3.63) is 46.2 Å². The number of hydrogen-bond donors (Lipinski definition) is 1. The van der Waals surface area contributed by atoms with E-state index in [-0.39, 0.29) is 0 Å². The van der Waals surface area contributed by atoms with E-state index >= 15 is 0 Å². The van der Waals surface area contributed by atoms with Gasteiger partial charge in [-0.05, 0) is 65.5 Å². The summed E-state index contributed by atoms with van der Waals surface area (Å²) in [4.78, 5) is 5.58. The molecule has 1 nitrogen and oxygen atoms in total. The first-order valence-corrected chi connectivity index (χ1v) is 9.34. The van der Waals surface area contributed by atoms with Gasteiger partial charge in [-0.2, -0.15) is 0 Å². The van der Waals surface area contributed by atoms with Gasteiger partial charge in [-0.3, -0.25) is 0 Å². The van der Waals surface area contributed by atoms with Crippen LogP contribution in [0.15, 0.2) is 35.0 Å². The fourth-order valence-electron chi connectivity index (χ4n) is 2.32. The van der Waals surface area contributed by atoms with Crippen molar-refractivity contribution in [3.63, 3.8) is 0 Å². The minimum absolute atomic E-state index is 0.715. The lowest BCUT2D eigenvalue weighted by atomic mass is 10.1. The summed E-state index contributed by atoms with van der Waals surface area (Å²) in [6.45, 7) is 2.94. The molecule has 0 saturated heterocycles. The summed E-state index contributed by atoms with van der Waals surface area (Å²) in [6.07, 6.45) is 2.06. The SMILES string of the molecule is CCc1ccsc1-c1ccc(-c2sccc2CCN)s1. The van der Waals surface area contributed by atoms with Gasteiger partial charge < -0.3 is 5.73 Å². The molecule has 3 rings (SSSR count). The standard InChI is InChI=1S/C16H17NS3/c1-2-11-6-9-18-15(11)13-3-4-14(20-13)16-12(5-8-17)7-10-19-16/h3-4,6-7,9-10H,2,5,8,17H2,1H3. The van der Waals surface area contributed by atoms with Crippen LogP contribution in [0.3, 0.4) is 0 Å². The maximum Gasteiger partial charge on any atom is 0.0475 e. The summed E-state index contributed by atoms with van der Waals surface area (Å²) in [5.74, 6) is 0. The van der Waals surface area contributed by atoms with Crippen molar-refractivity contribution >= 4 is 34.0 Å². The molecule has 0 aromatic carbocycles. The first-order valence-electron chi connectivity index (χ1n) is 6.77. The van der Waals surface area contributed by atoms with E-state index in [1.54, 1.807) is 0 Å². The molecule has 0 aliphatic heterocycles. The van der Waals surface area contributed by atoms with Gasteiger partial charge in [-0.25, -0.2) is 0 Å². The molecular weight excluding hydrogens is 302 g/mol. The van der Waals surface area contributed by atoms with Gasteiger partial charge in [-0.15, -0.1) is 34.0 Å². The summed E-state index contributed by atoms with van der Waals surface area (Å²) in [5, 5.41) is 4.36. The quantitative estimate of drug-likeness (QED) is 0.681. The van der Waals surface area contributed by atoms with Crippen molar-refractivity contribution in [1.82, 2.24) is 0 Å². The van der Waals surface area contributed by atoms with Crippen LogP contribution in [0.5, 0.6) is 0 Å². The Morgan fingerprint density at radius 1 is 0.900 bits per heavy atom. The third kappa shape index (κ3) is 2.61. The molecule has 3 aromatic heterocycles. The molecular formula is C16H17NS3. The minimum Gasteiger partial charge on any atom is -0.330 e. The topological polar surface area (TPSA) is 26.0 Å². The van der Waals surface area contributed by atoms with E-state index in [2.05, 4.69) is 41.9 Å². The second-order valence-corrected chi connectivity index (χ2v) is 7.52. The van der Waals surface area contributed by atoms with Crippen LogP contribution < -0.4 is 5.73 Å². The van der Waals surface area contributed by atoms with E-state index in [0.29, 0.717) is 6.54 Å². The van der Waals surface area contributed by atoms with Crippen molar-refractivity contribution < 1.29 is 0 Å². The lowest BCUT2D eigenvalue weighted by Gasteiger charge is -2.00. The molecule has 0 atom stereocenters. The second-order valence-electron chi connectivity index (χ2n) is 4.61.